The van der Waals surface area contributed by atoms with E-state index in [4.69, 9.17) is 4.74 Å². The molecular weight excluding hydrogens is 482 g/mol. The first kappa shape index (κ1) is 26.4. The van der Waals surface area contributed by atoms with Crippen LogP contribution in [0.2, 0.25) is 0 Å². The van der Waals surface area contributed by atoms with Crippen LogP contribution in [0.25, 0.3) is 0 Å². The molecule has 0 aliphatic heterocycles. The van der Waals surface area contributed by atoms with Crippen molar-refractivity contribution in [3.8, 4) is 5.75 Å². The largest absolute Gasteiger partial charge is 0.482 e. The van der Waals surface area contributed by atoms with Crippen LogP contribution < -0.4 is 14.5 Å². The van der Waals surface area contributed by atoms with E-state index in [1.165, 1.54) is 25.5 Å². The highest BCUT2D eigenvalue weighted by molar-refractivity contribution is 7.92. The van der Waals surface area contributed by atoms with Crippen molar-refractivity contribution in [1.29, 1.82) is 0 Å². The Bertz CT molecular complexity index is 1340. The highest BCUT2D eigenvalue weighted by Crippen LogP contribution is 2.28. The molecule has 1 N–H and O–H groups in total. The molecule has 0 heterocycles. The Hall–Kier alpha value is -4.18. The van der Waals surface area contributed by atoms with Crippen molar-refractivity contribution < 1.29 is 27.5 Å². The Balaban J connectivity index is 1.73. The first-order valence-electron chi connectivity index (χ1n) is 11.0. The number of nitrogens with zero attached hydrogens (tertiary/aromatic N) is 2. The SMILES string of the molecule is COC(=O)COc1ccc(/C=N\NC(=O)CN(c2cccc(C)c2C)S(=O)(=O)c2ccccc2)cc1. The van der Waals surface area contributed by atoms with Gasteiger partial charge < -0.3 is 9.47 Å². The van der Waals surface area contributed by atoms with E-state index in [-0.39, 0.29) is 11.5 Å². The van der Waals surface area contributed by atoms with Crippen LogP contribution in [-0.4, -0.2) is 46.8 Å². The minimum absolute atomic E-state index is 0.0803. The molecule has 3 aromatic rings. The molecule has 0 bridgehead atoms. The van der Waals surface area contributed by atoms with Crippen molar-refractivity contribution in [2.45, 2.75) is 18.7 Å². The standard InChI is InChI=1S/C26H27N3O6S/c1-19-8-7-11-24(20(19)2)29(36(32,33)23-9-5-4-6-10-23)17-25(30)28-27-16-21-12-14-22(15-13-21)35-18-26(31)34-3/h4-16H,17-18H2,1-3H3,(H,28,30)/b27-16-. The fraction of sp³-hybridized carbons (Fsp3) is 0.192. The molecule has 0 saturated heterocycles. The van der Waals surface area contributed by atoms with Crippen molar-refractivity contribution in [2.75, 3.05) is 24.6 Å². The van der Waals surface area contributed by atoms with Crippen LogP contribution in [0.1, 0.15) is 16.7 Å². The van der Waals surface area contributed by atoms with Gasteiger partial charge in [-0.25, -0.2) is 18.6 Å². The molecule has 1 amide bonds. The molecule has 0 aromatic heterocycles. The zero-order valence-corrected chi connectivity index (χ0v) is 21.0. The quantitative estimate of drug-likeness (QED) is 0.255. The van der Waals surface area contributed by atoms with Gasteiger partial charge in [0.05, 0.1) is 23.9 Å². The summed E-state index contributed by atoms with van der Waals surface area (Å²) in [4.78, 5) is 24.0. The zero-order chi connectivity index (χ0) is 26.1. The predicted octanol–water partition coefficient (Wildman–Crippen LogP) is 3.20. The maximum Gasteiger partial charge on any atom is 0.343 e. The Kier molecular flexibility index (Phi) is 8.80. The molecule has 0 atom stereocenters. The summed E-state index contributed by atoms with van der Waals surface area (Å²) >= 11 is 0. The lowest BCUT2D eigenvalue weighted by atomic mass is 10.1. The molecular formula is C26H27N3O6S. The van der Waals surface area contributed by atoms with Gasteiger partial charge in [-0.05, 0) is 73.0 Å². The third-order valence-electron chi connectivity index (χ3n) is 5.33. The van der Waals surface area contributed by atoms with Crippen molar-refractivity contribution in [1.82, 2.24) is 5.43 Å². The summed E-state index contributed by atoms with van der Waals surface area (Å²) in [6.45, 7) is 3.02. The second kappa shape index (κ2) is 12.0. The second-order valence-electron chi connectivity index (χ2n) is 7.77. The highest BCUT2D eigenvalue weighted by atomic mass is 32.2. The Labute approximate surface area is 210 Å². The van der Waals surface area contributed by atoms with Crippen LogP contribution in [-0.2, 0) is 24.3 Å². The van der Waals surface area contributed by atoms with E-state index < -0.39 is 28.4 Å². The molecule has 36 heavy (non-hydrogen) atoms. The van der Waals surface area contributed by atoms with Crippen molar-refractivity contribution in [3.63, 3.8) is 0 Å². The first-order chi connectivity index (χ1) is 17.2. The Morgan fingerprint density at radius 1 is 0.972 bits per heavy atom. The molecule has 188 valence electrons. The molecule has 0 spiro atoms. The van der Waals surface area contributed by atoms with Gasteiger partial charge in [-0.2, -0.15) is 5.10 Å². The van der Waals surface area contributed by atoms with Gasteiger partial charge in [0.25, 0.3) is 15.9 Å². The molecule has 0 saturated carbocycles. The molecule has 0 aliphatic rings. The van der Waals surface area contributed by atoms with Gasteiger partial charge in [0, 0.05) is 0 Å². The number of anilines is 1. The molecule has 0 fully saturated rings. The van der Waals surface area contributed by atoms with Crippen LogP contribution in [0.4, 0.5) is 5.69 Å². The molecule has 0 radical (unpaired) electrons. The number of nitrogens with one attached hydrogen (secondary N) is 1. The van der Waals surface area contributed by atoms with Crippen LogP contribution in [0.15, 0.2) is 82.8 Å². The van der Waals surface area contributed by atoms with E-state index in [0.717, 1.165) is 15.4 Å². The number of benzene rings is 3. The van der Waals surface area contributed by atoms with E-state index in [2.05, 4.69) is 15.3 Å². The van der Waals surface area contributed by atoms with Crippen LogP contribution in [0.3, 0.4) is 0 Å². The lowest BCUT2D eigenvalue weighted by Gasteiger charge is -2.26. The summed E-state index contributed by atoms with van der Waals surface area (Å²) in [5.74, 6) is -0.630. The van der Waals surface area contributed by atoms with Crippen molar-refractivity contribution in [2.24, 2.45) is 5.10 Å². The maximum atomic E-state index is 13.4. The Morgan fingerprint density at radius 2 is 1.67 bits per heavy atom. The van der Waals surface area contributed by atoms with Crippen LogP contribution in [0.5, 0.6) is 5.75 Å². The predicted molar refractivity (Wildman–Crippen MR) is 137 cm³/mol. The molecule has 10 heteroatoms. The molecule has 9 nitrogen and oxygen atoms in total. The maximum absolute atomic E-state index is 13.4. The number of ether oxygens (including phenoxy) is 2. The van der Waals surface area contributed by atoms with Crippen molar-refractivity contribution >= 4 is 33.8 Å². The number of amides is 1. The van der Waals surface area contributed by atoms with Gasteiger partial charge in [0.15, 0.2) is 6.61 Å². The lowest BCUT2D eigenvalue weighted by Crippen LogP contribution is -2.40. The first-order valence-corrected chi connectivity index (χ1v) is 12.4. The number of hydrogen-bond donors (Lipinski definition) is 1. The summed E-state index contributed by atoms with van der Waals surface area (Å²) in [5, 5.41) is 3.94. The summed E-state index contributed by atoms with van der Waals surface area (Å²) in [6.07, 6.45) is 1.41. The third kappa shape index (κ3) is 6.70. The summed E-state index contributed by atoms with van der Waals surface area (Å²) < 4.78 is 37.8. The van der Waals surface area contributed by atoms with Gasteiger partial charge in [-0.1, -0.05) is 30.3 Å². The molecule has 3 aromatic carbocycles. The summed E-state index contributed by atoms with van der Waals surface area (Å²) in [5.41, 5.74) is 5.11. The van der Waals surface area contributed by atoms with Gasteiger partial charge in [0.1, 0.15) is 12.3 Å². The highest BCUT2D eigenvalue weighted by Gasteiger charge is 2.28. The van der Waals surface area contributed by atoms with Crippen molar-refractivity contribution in [3.05, 3.63) is 89.5 Å². The van der Waals surface area contributed by atoms with E-state index >= 15 is 0 Å². The Morgan fingerprint density at radius 3 is 2.33 bits per heavy atom. The minimum atomic E-state index is -4.01. The molecule has 3 rings (SSSR count). The number of carbonyl (C=O) groups is 2. The van der Waals surface area contributed by atoms with Crippen LogP contribution in [0, 0.1) is 13.8 Å². The summed E-state index contributed by atoms with van der Waals surface area (Å²) in [7, 11) is -2.73. The minimum Gasteiger partial charge on any atom is -0.482 e. The van der Waals surface area contributed by atoms with Gasteiger partial charge in [-0.15, -0.1) is 0 Å². The number of carbonyl (C=O) groups excluding carboxylic acids is 2. The number of sulfonamides is 1. The molecule has 0 aliphatic carbocycles. The average molecular weight is 510 g/mol. The monoisotopic (exact) mass is 509 g/mol. The number of esters is 1. The average Bonchev–Trinajstić information content (AvgIpc) is 2.89. The lowest BCUT2D eigenvalue weighted by molar-refractivity contribution is -0.142. The van der Waals surface area contributed by atoms with E-state index in [1.807, 2.05) is 19.9 Å². The third-order valence-corrected chi connectivity index (χ3v) is 7.10. The normalized spacial score (nSPS) is 11.2. The van der Waals surface area contributed by atoms with Gasteiger partial charge >= 0.3 is 5.97 Å². The molecule has 0 unspecified atom stereocenters. The van der Waals surface area contributed by atoms with E-state index in [0.29, 0.717) is 17.0 Å². The topological polar surface area (TPSA) is 114 Å². The second-order valence-corrected chi connectivity index (χ2v) is 9.63. The number of hydrogen-bond acceptors (Lipinski definition) is 7. The zero-order valence-electron chi connectivity index (χ0n) is 20.2. The fourth-order valence-corrected chi connectivity index (χ4v) is 4.72. The van der Waals surface area contributed by atoms with Crippen LogP contribution >= 0.6 is 0 Å². The number of rotatable bonds is 10. The van der Waals surface area contributed by atoms with E-state index in [9.17, 15) is 18.0 Å². The number of methoxy groups -OCH3 is 1. The smallest absolute Gasteiger partial charge is 0.343 e. The number of hydrazone groups is 1. The van der Waals surface area contributed by atoms with Gasteiger partial charge in [0.2, 0.25) is 0 Å². The number of aryl methyl sites for hydroxylation is 1. The van der Waals surface area contributed by atoms with E-state index in [1.54, 1.807) is 54.6 Å². The summed E-state index contributed by atoms with van der Waals surface area (Å²) in [6, 6.07) is 19.9. The fourth-order valence-electron chi connectivity index (χ4n) is 3.22. The van der Waals surface area contributed by atoms with Gasteiger partial charge in [-0.3, -0.25) is 9.10 Å².